The molecule has 0 aromatic heterocycles. The summed E-state index contributed by atoms with van der Waals surface area (Å²) in [5.74, 6) is -0.272. The van der Waals surface area contributed by atoms with E-state index in [9.17, 15) is 8.78 Å². The van der Waals surface area contributed by atoms with Crippen molar-refractivity contribution in [1.29, 1.82) is 0 Å². The lowest BCUT2D eigenvalue weighted by Gasteiger charge is -2.06. The number of hydrogen-bond donors (Lipinski definition) is 1. The molecule has 0 bridgehead atoms. The third-order valence-corrected chi connectivity index (χ3v) is 2.02. The Hall–Kier alpha value is -0.770. The molecule has 0 spiro atoms. The van der Waals surface area contributed by atoms with Gasteiger partial charge in [0.15, 0.2) is 11.6 Å². The van der Waals surface area contributed by atoms with Crippen LogP contribution in [0.5, 0.6) is 5.75 Å². The zero-order valence-corrected chi connectivity index (χ0v) is 8.57. The topological polar surface area (TPSA) is 9.23 Å². The SMILES string of the molecule is Fc1ccc(F)c(OCCCCS)c1. The van der Waals surface area contributed by atoms with Crippen LogP contribution < -0.4 is 4.74 Å². The van der Waals surface area contributed by atoms with Gasteiger partial charge in [-0.2, -0.15) is 12.6 Å². The van der Waals surface area contributed by atoms with Gasteiger partial charge in [0.05, 0.1) is 6.61 Å². The fraction of sp³-hybridized carbons (Fsp3) is 0.400. The van der Waals surface area contributed by atoms with E-state index in [1.165, 1.54) is 0 Å². The highest BCUT2D eigenvalue weighted by molar-refractivity contribution is 7.80. The Balaban J connectivity index is 2.45. The van der Waals surface area contributed by atoms with Crippen molar-refractivity contribution in [3.05, 3.63) is 29.8 Å². The predicted molar refractivity (Wildman–Crippen MR) is 54.9 cm³/mol. The Bertz CT molecular complexity index is 291. The molecule has 1 rings (SSSR count). The highest BCUT2D eigenvalue weighted by Gasteiger charge is 2.03. The normalized spacial score (nSPS) is 10.2. The molecule has 0 N–H and O–H groups in total. The molecule has 0 atom stereocenters. The predicted octanol–water partition coefficient (Wildman–Crippen LogP) is 3.05. The van der Waals surface area contributed by atoms with Gasteiger partial charge in [-0.1, -0.05) is 0 Å². The van der Waals surface area contributed by atoms with Crippen molar-refractivity contribution in [2.75, 3.05) is 12.4 Å². The van der Waals surface area contributed by atoms with Gasteiger partial charge < -0.3 is 4.74 Å². The number of rotatable bonds is 5. The average Bonchev–Trinajstić information content (AvgIpc) is 2.18. The smallest absolute Gasteiger partial charge is 0.165 e. The molecule has 0 aliphatic heterocycles. The molecule has 0 amide bonds. The minimum absolute atomic E-state index is 0.0239. The van der Waals surface area contributed by atoms with Gasteiger partial charge >= 0.3 is 0 Å². The van der Waals surface area contributed by atoms with Gasteiger partial charge in [-0.25, -0.2) is 8.78 Å². The van der Waals surface area contributed by atoms with Crippen molar-refractivity contribution in [1.82, 2.24) is 0 Å². The molecule has 0 fully saturated rings. The Morgan fingerprint density at radius 2 is 2.00 bits per heavy atom. The first-order chi connectivity index (χ1) is 6.74. The van der Waals surface area contributed by atoms with E-state index in [4.69, 9.17) is 4.74 Å². The van der Waals surface area contributed by atoms with E-state index in [-0.39, 0.29) is 5.75 Å². The van der Waals surface area contributed by atoms with Crippen molar-refractivity contribution in [3.8, 4) is 5.75 Å². The molecule has 0 aliphatic rings. The summed E-state index contributed by atoms with van der Waals surface area (Å²) >= 11 is 4.03. The van der Waals surface area contributed by atoms with Crippen LogP contribution in [0.1, 0.15) is 12.8 Å². The summed E-state index contributed by atoms with van der Waals surface area (Å²) in [5, 5.41) is 0. The fourth-order valence-electron chi connectivity index (χ4n) is 0.984. The zero-order valence-electron chi connectivity index (χ0n) is 7.67. The van der Waals surface area contributed by atoms with Crippen LogP contribution >= 0.6 is 12.6 Å². The quantitative estimate of drug-likeness (QED) is 0.590. The maximum atomic E-state index is 13.0. The van der Waals surface area contributed by atoms with E-state index in [2.05, 4.69) is 12.6 Å². The summed E-state index contributed by atoms with van der Waals surface area (Å²) in [7, 11) is 0. The van der Waals surface area contributed by atoms with E-state index < -0.39 is 11.6 Å². The number of hydrogen-bond acceptors (Lipinski definition) is 2. The van der Waals surface area contributed by atoms with Gasteiger partial charge in [-0.05, 0) is 30.7 Å². The molecule has 0 saturated heterocycles. The second kappa shape index (κ2) is 5.86. The minimum Gasteiger partial charge on any atom is -0.490 e. The highest BCUT2D eigenvalue weighted by atomic mass is 32.1. The average molecular weight is 218 g/mol. The minimum atomic E-state index is -0.530. The molecule has 1 nitrogen and oxygen atoms in total. The first-order valence-corrected chi connectivity index (χ1v) is 5.06. The van der Waals surface area contributed by atoms with E-state index in [0.29, 0.717) is 6.61 Å². The van der Waals surface area contributed by atoms with Crippen LogP contribution in [-0.4, -0.2) is 12.4 Å². The van der Waals surface area contributed by atoms with E-state index >= 15 is 0 Å². The molecule has 0 unspecified atom stereocenters. The number of thiol groups is 1. The molecule has 4 heteroatoms. The van der Waals surface area contributed by atoms with Crippen molar-refractivity contribution >= 4 is 12.6 Å². The van der Waals surface area contributed by atoms with E-state index in [0.717, 1.165) is 36.8 Å². The van der Waals surface area contributed by atoms with Gasteiger partial charge in [-0.15, -0.1) is 0 Å². The van der Waals surface area contributed by atoms with Crippen molar-refractivity contribution in [3.63, 3.8) is 0 Å². The molecule has 0 heterocycles. The Morgan fingerprint density at radius 3 is 2.71 bits per heavy atom. The zero-order chi connectivity index (χ0) is 10.4. The molecular formula is C10H12F2OS. The standard InChI is InChI=1S/C10H12F2OS/c11-8-3-4-9(12)10(7-8)13-5-1-2-6-14/h3-4,7,14H,1-2,5-6H2. The first-order valence-electron chi connectivity index (χ1n) is 4.43. The second-order valence-corrected chi connectivity index (χ2v) is 3.30. The Labute approximate surface area is 87.5 Å². The third kappa shape index (κ3) is 3.54. The first kappa shape index (κ1) is 11.3. The number of halogens is 2. The summed E-state index contributed by atoms with van der Waals surface area (Å²) in [5.41, 5.74) is 0. The monoisotopic (exact) mass is 218 g/mol. The van der Waals surface area contributed by atoms with Crippen LogP contribution in [0.15, 0.2) is 18.2 Å². The molecule has 78 valence electrons. The van der Waals surface area contributed by atoms with E-state index in [1.807, 2.05) is 0 Å². The summed E-state index contributed by atoms with van der Waals surface area (Å²) < 4.78 is 30.7. The van der Waals surface area contributed by atoms with Crippen molar-refractivity contribution < 1.29 is 13.5 Å². The van der Waals surface area contributed by atoms with Gasteiger partial charge in [0.25, 0.3) is 0 Å². The summed E-state index contributed by atoms with van der Waals surface area (Å²) in [6.45, 7) is 0.390. The van der Waals surface area contributed by atoms with E-state index in [1.54, 1.807) is 0 Å². The molecular weight excluding hydrogens is 206 g/mol. The largest absolute Gasteiger partial charge is 0.490 e. The van der Waals surface area contributed by atoms with Gasteiger partial charge in [-0.3, -0.25) is 0 Å². The molecule has 1 aromatic rings. The molecule has 1 aromatic carbocycles. The lowest BCUT2D eigenvalue weighted by molar-refractivity contribution is 0.293. The van der Waals surface area contributed by atoms with Crippen molar-refractivity contribution in [2.24, 2.45) is 0 Å². The van der Waals surface area contributed by atoms with Gasteiger partial charge in [0.2, 0.25) is 0 Å². The summed E-state index contributed by atoms with van der Waals surface area (Å²) in [6.07, 6.45) is 1.69. The maximum Gasteiger partial charge on any atom is 0.165 e. The van der Waals surface area contributed by atoms with Gasteiger partial charge in [0, 0.05) is 6.07 Å². The lowest BCUT2D eigenvalue weighted by Crippen LogP contribution is -1.99. The van der Waals surface area contributed by atoms with Crippen LogP contribution in [0.25, 0.3) is 0 Å². The second-order valence-electron chi connectivity index (χ2n) is 2.85. The van der Waals surface area contributed by atoms with Crippen LogP contribution in [0.3, 0.4) is 0 Å². The maximum absolute atomic E-state index is 13.0. The number of unbranched alkanes of at least 4 members (excludes halogenated alkanes) is 1. The fourth-order valence-corrected chi connectivity index (χ4v) is 1.21. The van der Waals surface area contributed by atoms with Crippen LogP contribution in [0.2, 0.25) is 0 Å². The van der Waals surface area contributed by atoms with Crippen LogP contribution in [-0.2, 0) is 0 Å². The molecule has 0 aliphatic carbocycles. The Morgan fingerprint density at radius 1 is 1.21 bits per heavy atom. The summed E-state index contributed by atoms with van der Waals surface area (Å²) in [4.78, 5) is 0. The van der Waals surface area contributed by atoms with Crippen LogP contribution in [0.4, 0.5) is 8.78 Å². The number of ether oxygens (including phenoxy) is 1. The number of benzene rings is 1. The highest BCUT2D eigenvalue weighted by Crippen LogP contribution is 2.18. The molecule has 0 saturated carbocycles. The van der Waals surface area contributed by atoms with Crippen molar-refractivity contribution in [2.45, 2.75) is 12.8 Å². The molecule has 14 heavy (non-hydrogen) atoms. The van der Waals surface area contributed by atoms with Gasteiger partial charge in [0.1, 0.15) is 5.82 Å². The third-order valence-electron chi connectivity index (χ3n) is 1.70. The lowest BCUT2D eigenvalue weighted by atomic mass is 10.3. The molecule has 0 radical (unpaired) electrons. The summed E-state index contributed by atoms with van der Waals surface area (Å²) in [6, 6.07) is 3.18. The Kier molecular flexibility index (Phi) is 4.73. The van der Waals surface area contributed by atoms with Crippen LogP contribution in [0, 0.1) is 11.6 Å².